The summed E-state index contributed by atoms with van der Waals surface area (Å²) >= 11 is 7.26. The molecule has 70 valence electrons. The third-order valence-electron chi connectivity index (χ3n) is 2.37. The Bertz CT molecular complexity index is 345. The smallest absolute Gasteiger partial charge is 0.311 e. The summed E-state index contributed by atoms with van der Waals surface area (Å²) in [6.07, 6.45) is 2.68. The number of aryl methyl sites for hydroxylation is 1. The van der Waals surface area contributed by atoms with Crippen LogP contribution in [0.1, 0.15) is 29.2 Å². The molecule has 0 amide bonds. The number of aliphatic carboxylic acids is 1. The highest BCUT2D eigenvalue weighted by Gasteiger charge is 2.28. The maximum absolute atomic E-state index is 10.9. The van der Waals surface area contributed by atoms with E-state index in [9.17, 15) is 4.79 Å². The van der Waals surface area contributed by atoms with E-state index < -0.39 is 5.97 Å². The summed E-state index contributed by atoms with van der Waals surface area (Å²) in [5, 5.41) is 8.96. The predicted octanol–water partition coefficient (Wildman–Crippen LogP) is 2.91. The molecule has 0 aliphatic heterocycles. The van der Waals surface area contributed by atoms with Crippen LogP contribution in [0, 0.1) is 0 Å². The van der Waals surface area contributed by atoms with Crippen molar-refractivity contribution in [3.05, 3.63) is 20.8 Å². The van der Waals surface area contributed by atoms with Gasteiger partial charge in [-0.15, -0.1) is 11.3 Å². The zero-order chi connectivity index (χ0) is 9.42. The van der Waals surface area contributed by atoms with Crippen LogP contribution >= 0.6 is 22.9 Å². The van der Waals surface area contributed by atoms with E-state index >= 15 is 0 Å². The van der Waals surface area contributed by atoms with Crippen LogP contribution in [-0.4, -0.2) is 11.1 Å². The Morgan fingerprint density at radius 1 is 1.69 bits per heavy atom. The van der Waals surface area contributed by atoms with Gasteiger partial charge in [0, 0.05) is 4.88 Å². The van der Waals surface area contributed by atoms with Gasteiger partial charge in [0.25, 0.3) is 0 Å². The van der Waals surface area contributed by atoms with Gasteiger partial charge in [-0.2, -0.15) is 0 Å². The van der Waals surface area contributed by atoms with Gasteiger partial charge in [0.1, 0.15) is 0 Å². The number of rotatable bonds is 1. The van der Waals surface area contributed by atoms with Crippen LogP contribution in [0.5, 0.6) is 0 Å². The molecule has 2 nitrogen and oxygen atoms in total. The van der Waals surface area contributed by atoms with Gasteiger partial charge in [-0.3, -0.25) is 4.79 Å². The first-order valence-electron chi connectivity index (χ1n) is 4.19. The standard InChI is InChI=1S/C9H9ClO2S/c10-7-4-5-2-1-3-6(9(11)12)8(5)13-7/h4,6H,1-3H2,(H,11,12). The normalized spacial score (nSPS) is 21.2. The number of carboxylic acid groups (broad SMARTS) is 1. The van der Waals surface area contributed by atoms with Crippen molar-refractivity contribution in [1.82, 2.24) is 0 Å². The molecule has 0 spiro atoms. The van der Waals surface area contributed by atoms with Crippen LogP contribution in [0.4, 0.5) is 0 Å². The van der Waals surface area contributed by atoms with Crippen LogP contribution < -0.4 is 0 Å². The molecule has 1 aromatic heterocycles. The molecule has 0 radical (unpaired) electrons. The van der Waals surface area contributed by atoms with E-state index in [1.165, 1.54) is 11.3 Å². The molecule has 4 heteroatoms. The number of halogens is 1. The predicted molar refractivity (Wildman–Crippen MR) is 52.6 cm³/mol. The van der Waals surface area contributed by atoms with Gasteiger partial charge >= 0.3 is 5.97 Å². The quantitative estimate of drug-likeness (QED) is 0.784. The zero-order valence-electron chi connectivity index (χ0n) is 6.92. The molecule has 1 heterocycles. The van der Waals surface area contributed by atoms with Crippen LogP contribution in [0.3, 0.4) is 0 Å². The average Bonchev–Trinajstić information content (AvgIpc) is 2.43. The molecule has 0 fully saturated rings. The van der Waals surface area contributed by atoms with Crippen molar-refractivity contribution in [2.45, 2.75) is 25.2 Å². The van der Waals surface area contributed by atoms with Gasteiger partial charge in [0.15, 0.2) is 0 Å². The summed E-state index contributed by atoms with van der Waals surface area (Å²) in [6, 6.07) is 1.90. The van der Waals surface area contributed by atoms with Gasteiger partial charge in [0.05, 0.1) is 10.3 Å². The summed E-state index contributed by atoms with van der Waals surface area (Å²) in [5.74, 6) is -1.04. The molecule has 2 rings (SSSR count). The molecule has 0 saturated heterocycles. The van der Waals surface area contributed by atoms with Gasteiger partial charge < -0.3 is 5.11 Å². The van der Waals surface area contributed by atoms with Crippen molar-refractivity contribution >= 4 is 28.9 Å². The Balaban J connectivity index is 2.41. The monoisotopic (exact) mass is 216 g/mol. The van der Waals surface area contributed by atoms with Crippen molar-refractivity contribution in [3.63, 3.8) is 0 Å². The van der Waals surface area contributed by atoms with Crippen LogP contribution in [0.25, 0.3) is 0 Å². The van der Waals surface area contributed by atoms with Crippen molar-refractivity contribution in [2.75, 3.05) is 0 Å². The van der Waals surface area contributed by atoms with E-state index in [0.29, 0.717) is 4.34 Å². The molecule has 1 aromatic rings. The number of carbonyl (C=O) groups is 1. The van der Waals surface area contributed by atoms with Gasteiger partial charge in [0.2, 0.25) is 0 Å². The molecule has 1 aliphatic rings. The third kappa shape index (κ3) is 1.58. The fraction of sp³-hybridized carbons (Fsp3) is 0.444. The van der Waals surface area contributed by atoms with E-state index in [4.69, 9.17) is 16.7 Å². The molecular weight excluding hydrogens is 208 g/mol. The zero-order valence-corrected chi connectivity index (χ0v) is 8.49. The fourth-order valence-electron chi connectivity index (χ4n) is 1.76. The minimum Gasteiger partial charge on any atom is -0.481 e. The van der Waals surface area contributed by atoms with Gasteiger partial charge in [-0.1, -0.05) is 11.6 Å². The van der Waals surface area contributed by atoms with Gasteiger partial charge in [-0.25, -0.2) is 0 Å². The Kier molecular flexibility index (Phi) is 2.30. The topological polar surface area (TPSA) is 37.3 Å². The number of hydrogen-bond acceptors (Lipinski definition) is 2. The first-order valence-corrected chi connectivity index (χ1v) is 5.39. The van der Waals surface area contributed by atoms with Gasteiger partial charge in [-0.05, 0) is 30.9 Å². The maximum atomic E-state index is 10.9. The largest absolute Gasteiger partial charge is 0.481 e. The molecule has 1 N–H and O–H groups in total. The number of carboxylic acids is 1. The van der Waals surface area contributed by atoms with Crippen LogP contribution in [0.2, 0.25) is 4.34 Å². The van der Waals surface area contributed by atoms with E-state index in [1.807, 2.05) is 6.07 Å². The highest BCUT2D eigenvalue weighted by molar-refractivity contribution is 7.16. The minimum absolute atomic E-state index is 0.318. The lowest BCUT2D eigenvalue weighted by molar-refractivity contribution is -0.139. The van der Waals surface area contributed by atoms with Crippen molar-refractivity contribution < 1.29 is 9.90 Å². The molecule has 0 aromatic carbocycles. The lowest BCUT2D eigenvalue weighted by atomic mass is 9.90. The summed E-state index contributed by atoms with van der Waals surface area (Å²) < 4.78 is 0.707. The summed E-state index contributed by atoms with van der Waals surface area (Å²) in [6.45, 7) is 0. The van der Waals surface area contributed by atoms with Crippen molar-refractivity contribution in [1.29, 1.82) is 0 Å². The lowest BCUT2D eigenvalue weighted by Crippen LogP contribution is -2.15. The fourth-order valence-corrected chi connectivity index (χ4v) is 3.21. The molecule has 0 saturated carbocycles. The van der Waals surface area contributed by atoms with E-state index in [1.54, 1.807) is 0 Å². The number of fused-ring (bicyclic) bond motifs is 1. The molecule has 0 bridgehead atoms. The Hall–Kier alpha value is -0.540. The lowest BCUT2D eigenvalue weighted by Gasteiger charge is -2.17. The molecule has 1 aliphatic carbocycles. The average molecular weight is 217 g/mol. The SMILES string of the molecule is O=C(O)C1CCCc2cc(Cl)sc21. The number of thiophene rings is 1. The number of hydrogen-bond donors (Lipinski definition) is 1. The molecule has 1 unspecified atom stereocenters. The second kappa shape index (κ2) is 3.31. The summed E-state index contributed by atoms with van der Waals surface area (Å²) in [7, 11) is 0. The maximum Gasteiger partial charge on any atom is 0.311 e. The minimum atomic E-state index is -0.723. The Morgan fingerprint density at radius 3 is 3.15 bits per heavy atom. The highest BCUT2D eigenvalue weighted by atomic mass is 35.5. The second-order valence-electron chi connectivity index (χ2n) is 3.22. The van der Waals surface area contributed by atoms with E-state index in [2.05, 4.69) is 0 Å². The first-order chi connectivity index (χ1) is 6.18. The van der Waals surface area contributed by atoms with Crippen molar-refractivity contribution in [3.8, 4) is 0 Å². The summed E-state index contributed by atoms with van der Waals surface area (Å²) in [5.41, 5.74) is 1.13. The van der Waals surface area contributed by atoms with Crippen LogP contribution in [0.15, 0.2) is 6.07 Å². The highest BCUT2D eigenvalue weighted by Crippen LogP contribution is 2.39. The van der Waals surface area contributed by atoms with Crippen LogP contribution in [-0.2, 0) is 11.2 Å². The van der Waals surface area contributed by atoms with E-state index in [-0.39, 0.29) is 5.92 Å². The Labute approximate surface area is 85.1 Å². The molecule has 13 heavy (non-hydrogen) atoms. The van der Waals surface area contributed by atoms with E-state index in [0.717, 1.165) is 29.7 Å². The third-order valence-corrected chi connectivity index (χ3v) is 3.79. The molecule has 1 atom stereocenters. The first kappa shape index (κ1) is 9.03. The second-order valence-corrected chi connectivity index (χ2v) is 4.94. The summed E-state index contributed by atoms with van der Waals surface area (Å²) in [4.78, 5) is 11.9. The molecular formula is C9H9ClO2S. The Morgan fingerprint density at radius 2 is 2.46 bits per heavy atom. The van der Waals surface area contributed by atoms with Crippen molar-refractivity contribution in [2.24, 2.45) is 0 Å².